The van der Waals surface area contributed by atoms with Gasteiger partial charge in [-0.2, -0.15) is 0 Å². The van der Waals surface area contributed by atoms with Gasteiger partial charge in [-0.3, -0.25) is 14.2 Å². The smallest absolute Gasteiger partial charge is 0.271 e. The van der Waals surface area contributed by atoms with Crippen LogP contribution in [0.15, 0.2) is 123 Å². The Morgan fingerprint density at radius 3 is 2.33 bits per heavy atom. The van der Waals surface area contributed by atoms with Crippen molar-refractivity contribution in [1.29, 1.82) is 0 Å². The lowest BCUT2D eigenvalue weighted by molar-refractivity contribution is -0.113. The zero-order chi connectivity index (χ0) is 33.6. The number of hydrogen-bond acceptors (Lipinski definition) is 7. The molecule has 2 heterocycles. The molecule has 244 valence electrons. The lowest BCUT2D eigenvalue weighted by Gasteiger charge is -2.25. The summed E-state index contributed by atoms with van der Waals surface area (Å²) >= 11 is 4.93. The van der Waals surface area contributed by atoms with E-state index in [1.165, 1.54) is 11.3 Å². The number of aromatic nitrogens is 1. The normalized spacial score (nSPS) is 14.2. The van der Waals surface area contributed by atoms with Crippen molar-refractivity contribution in [2.24, 2.45) is 4.99 Å². The van der Waals surface area contributed by atoms with E-state index >= 15 is 0 Å². The number of para-hydroxylation sites is 2. The highest BCUT2D eigenvalue weighted by Gasteiger charge is 2.32. The molecule has 0 radical (unpaired) electrons. The molecule has 0 bridgehead atoms. The molecule has 0 aliphatic carbocycles. The first-order valence-electron chi connectivity index (χ1n) is 15.6. The number of aryl methyl sites for hydroxylation is 1. The van der Waals surface area contributed by atoms with Gasteiger partial charge in [-0.15, -0.1) is 0 Å². The summed E-state index contributed by atoms with van der Waals surface area (Å²) in [4.78, 5) is 33.2. The van der Waals surface area contributed by atoms with Crippen LogP contribution in [0.4, 0.5) is 5.69 Å². The van der Waals surface area contributed by atoms with Crippen molar-refractivity contribution in [2.45, 2.75) is 26.8 Å². The van der Waals surface area contributed by atoms with Gasteiger partial charge in [-0.1, -0.05) is 78.1 Å². The van der Waals surface area contributed by atoms with Crippen molar-refractivity contribution < 1.29 is 19.0 Å². The number of fused-ring (bicyclic) bond motifs is 1. The number of thiazole rings is 1. The molecule has 1 aromatic heterocycles. The first-order chi connectivity index (χ1) is 23.3. The van der Waals surface area contributed by atoms with Crippen LogP contribution in [0.2, 0.25) is 0 Å². The first-order valence-corrected chi connectivity index (χ1v) is 17.2. The summed E-state index contributed by atoms with van der Waals surface area (Å²) in [5.74, 6) is 1.60. The summed E-state index contributed by atoms with van der Waals surface area (Å²) in [5.41, 5.74) is 4.00. The highest BCUT2D eigenvalue weighted by Crippen LogP contribution is 2.37. The second kappa shape index (κ2) is 14.9. The van der Waals surface area contributed by atoms with Gasteiger partial charge >= 0.3 is 0 Å². The Morgan fingerprint density at radius 2 is 1.60 bits per heavy atom. The van der Waals surface area contributed by atoms with E-state index in [0.29, 0.717) is 62.1 Å². The predicted octanol–water partition coefficient (Wildman–Crippen LogP) is 6.80. The van der Waals surface area contributed by atoms with Gasteiger partial charge in [0, 0.05) is 5.69 Å². The Morgan fingerprint density at radius 1 is 0.917 bits per heavy atom. The molecule has 0 saturated heterocycles. The largest absolute Gasteiger partial charge is 0.490 e. The molecule has 5 aromatic rings. The van der Waals surface area contributed by atoms with Gasteiger partial charge in [0.25, 0.3) is 11.5 Å². The second-order valence-corrected chi connectivity index (χ2v) is 12.9. The Balaban J connectivity index is 1.33. The third-order valence-corrected chi connectivity index (χ3v) is 9.30. The standard InChI is InChI=1S/C38H34BrN3O5S/c1-4-45-31-22-26(21-29(39)35(31)47-20-19-46-30-18-12-11-13-24(30)2)23-32-37(44)42-34(27-14-7-5-8-15-27)33(25(3)40-38(42)48-32)36(43)41-28-16-9-6-10-17-28/h5-18,21-23,34H,4,19-20H2,1-3H3,(H,41,43)/b32-23-. The number of rotatable bonds is 11. The number of carbonyl (C=O) groups excluding carboxylic acids is 1. The molecule has 1 N–H and O–H groups in total. The Labute approximate surface area is 290 Å². The molecule has 0 fully saturated rings. The molecule has 4 aromatic carbocycles. The number of carbonyl (C=O) groups is 1. The van der Waals surface area contributed by atoms with Gasteiger partial charge in [-0.05, 0) is 89.8 Å². The maximum absolute atomic E-state index is 14.2. The molecular formula is C38H34BrN3O5S. The molecule has 1 aliphatic heterocycles. The molecule has 0 spiro atoms. The molecule has 6 rings (SSSR count). The van der Waals surface area contributed by atoms with Gasteiger partial charge in [0.2, 0.25) is 0 Å². The lowest BCUT2D eigenvalue weighted by atomic mass is 9.95. The molecule has 1 atom stereocenters. The highest BCUT2D eigenvalue weighted by molar-refractivity contribution is 9.10. The number of allylic oxidation sites excluding steroid dienone is 1. The fraction of sp³-hybridized carbons (Fsp3) is 0.184. The molecule has 48 heavy (non-hydrogen) atoms. The average Bonchev–Trinajstić information content (AvgIpc) is 3.38. The zero-order valence-electron chi connectivity index (χ0n) is 26.7. The van der Waals surface area contributed by atoms with E-state index in [9.17, 15) is 9.59 Å². The van der Waals surface area contributed by atoms with Gasteiger partial charge in [0.15, 0.2) is 16.3 Å². The summed E-state index contributed by atoms with van der Waals surface area (Å²) in [6.45, 7) is 6.81. The maximum Gasteiger partial charge on any atom is 0.271 e. The van der Waals surface area contributed by atoms with E-state index < -0.39 is 6.04 Å². The van der Waals surface area contributed by atoms with Gasteiger partial charge in [0.05, 0.1) is 32.9 Å². The molecule has 1 amide bonds. The Bertz CT molecular complexity index is 2160. The Kier molecular flexibility index (Phi) is 10.2. The van der Waals surface area contributed by atoms with E-state index in [4.69, 9.17) is 19.2 Å². The zero-order valence-corrected chi connectivity index (χ0v) is 29.1. The van der Waals surface area contributed by atoms with Crippen LogP contribution in [0, 0.1) is 6.92 Å². The van der Waals surface area contributed by atoms with Crippen molar-refractivity contribution >= 4 is 44.9 Å². The number of hydrogen-bond donors (Lipinski definition) is 1. The number of benzene rings is 4. The summed E-state index contributed by atoms with van der Waals surface area (Å²) in [6.07, 6.45) is 1.81. The van der Waals surface area contributed by atoms with Crippen molar-refractivity contribution in [3.8, 4) is 17.2 Å². The van der Waals surface area contributed by atoms with E-state index in [2.05, 4.69) is 21.2 Å². The first kappa shape index (κ1) is 33.0. The summed E-state index contributed by atoms with van der Waals surface area (Å²) in [7, 11) is 0. The van der Waals surface area contributed by atoms with Crippen LogP contribution in [0.3, 0.4) is 0 Å². The van der Waals surface area contributed by atoms with Crippen molar-refractivity contribution in [1.82, 2.24) is 4.57 Å². The van der Waals surface area contributed by atoms with E-state index in [1.807, 2.05) is 124 Å². The van der Waals surface area contributed by atoms with Crippen LogP contribution in [0.1, 0.15) is 36.6 Å². The average molecular weight is 725 g/mol. The molecule has 8 nitrogen and oxygen atoms in total. The minimum atomic E-state index is -0.656. The molecular weight excluding hydrogens is 690 g/mol. The number of nitrogens with one attached hydrogen (secondary N) is 1. The van der Waals surface area contributed by atoms with Crippen LogP contribution in [0.25, 0.3) is 6.08 Å². The van der Waals surface area contributed by atoms with Crippen LogP contribution >= 0.6 is 27.3 Å². The van der Waals surface area contributed by atoms with Crippen LogP contribution in [-0.2, 0) is 4.79 Å². The van der Waals surface area contributed by atoms with Crippen LogP contribution in [0.5, 0.6) is 17.2 Å². The molecule has 0 saturated carbocycles. The minimum absolute atomic E-state index is 0.243. The SMILES string of the molecule is CCOc1cc(/C=c2\sc3n(c2=O)C(c2ccccc2)C(C(=O)Nc2ccccc2)=C(C)N=3)cc(Br)c1OCCOc1ccccc1C. The third kappa shape index (κ3) is 7.14. The third-order valence-electron chi connectivity index (χ3n) is 7.72. The van der Waals surface area contributed by atoms with Crippen LogP contribution < -0.4 is 34.4 Å². The van der Waals surface area contributed by atoms with Gasteiger partial charge < -0.3 is 19.5 Å². The van der Waals surface area contributed by atoms with Crippen LogP contribution in [-0.4, -0.2) is 30.3 Å². The number of amides is 1. The maximum atomic E-state index is 14.2. The number of anilines is 1. The van der Waals surface area contributed by atoms with E-state index in [-0.39, 0.29) is 11.5 Å². The van der Waals surface area contributed by atoms with Crippen molar-refractivity contribution in [3.63, 3.8) is 0 Å². The summed E-state index contributed by atoms with van der Waals surface area (Å²) in [5, 5.41) is 2.98. The topological polar surface area (TPSA) is 91.2 Å². The highest BCUT2D eigenvalue weighted by atomic mass is 79.9. The number of ether oxygens (including phenoxy) is 3. The predicted molar refractivity (Wildman–Crippen MR) is 193 cm³/mol. The van der Waals surface area contributed by atoms with Crippen molar-refractivity contribution in [2.75, 3.05) is 25.1 Å². The second-order valence-electron chi connectivity index (χ2n) is 11.0. The summed E-state index contributed by atoms with van der Waals surface area (Å²) < 4.78 is 20.7. The minimum Gasteiger partial charge on any atom is -0.490 e. The summed E-state index contributed by atoms with van der Waals surface area (Å²) in [6, 6.07) is 29.7. The quantitative estimate of drug-likeness (QED) is 0.152. The molecule has 1 aliphatic rings. The number of nitrogens with zero attached hydrogens (tertiary/aromatic N) is 2. The van der Waals surface area contributed by atoms with E-state index in [0.717, 1.165) is 22.4 Å². The monoisotopic (exact) mass is 723 g/mol. The molecule has 10 heteroatoms. The lowest BCUT2D eigenvalue weighted by Crippen LogP contribution is -2.40. The fourth-order valence-corrected chi connectivity index (χ4v) is 7.14. The number of halogens is 1. The van der Waals surface area contributed by atoms with Gasteiger partial charge in [-0.25, -0.2) is 4.99 Å². The fourth-order valence-electron chi connectivity index (χ4n) is 5.52. The Hall–Kier alpha value is -4.93. The molecule has 1 unspecified atom stereocenters. The van der Waals surface area contributed by atoms with Gasteiger partial charge in [0.1, 0.15) is 19.0 Å². The van der Waals surface area contributed by atoms with E-state index in [1.54, 1.807) is 4.57 Å². The van der Waals surface area contributed by atoms with Crippen molar-refractivity contribution in [3.05, 3.63) is 149 Å².